The molecule has 0 fully saturated rings. The molecule has 0 bridgehead atoms. The molecule has 2 aromatic rings. The molecule has 0 unspecified atom stereocenters. The molecule has 0 aliphatic heterocycles. The summed E-state index contributed by atoms with van der Waals surface area (Å²) < 4.78 is 45.1. The summed E-state index contributed by atoms with van der Waals surface area (Å²) in [5, 5.41) is 13.1. The van der Waals surface area contributed by atoms with Crippen molar-refractivity contribution in [1.29, 1.82) is 0 Å². The van der Waals surface area contributed by atoms with Crippen molar-refractivity contribution in [3.05, 3.63) is 62.6 Å². The molecule has 1 aromatic carbocycles. The lowest BCUT2D eigenvalue weighted by molar-refractivity contribution is -0.153. The van der Waals surface area contributed by atoms with Crippen LogP contribution in [0.4, 0.5) is 13.2 Å². The zero-order chi connectivity index (χ0) is 25.3. The van der Waals surface area contributed by atoms with E-state index in [0.29, 0.717) is 29.7 Å². The first-order valence-electron chi connectivity index (χ1n) is 10.9. The number of carbonyl (C=O) groups is 2. The van der Waals surface area contributed by atoms with Gasteiger partial charge in [0, 0.05) is 11.3 Å². The fourth-order valence-electron chi connectivity index (χ4n) is 3.92. The summed E-state index contributed by atoms with van der Waals surface area (Å²) in [4.78, 5) is 38.0. The molecule has 2 N–H and O–H groups in total. The van der Waals surface area contributed by atoms with Crippen LogP contribution in [0.15, 0.2) is 29.1 Å². The highest BCUT2D eigenvalue weighted by molar-refractivity contribution is 5.98. The van der Waals surface area contributed by atoms with Gasteiger partial charge in [0.05, 0.1) is 12.1 Å². The molecule has 1 aliphatic carbocycles. The van der Waals surface area contributed by atoms with E-state index in [4.69, 9.17) is 4.74 Å². The minimum absolute atomic E-state index is 0.0636. The Morgan fingerprint density at radius 1 is 1.09 bits per heavy atom. The Labute approximate surface area is 194 Å². The fourth-order valence-corrected chi connectivity index (χ4v) is 3.92. The molecule has 1 amide bonds. The normalized spacial score (nSPS) is 13.8. The highest BCUT2D eigenvalue weighted by atomic mass is 19.4. The number of halogens is 3. The van der Waals surface area contributed by atoms with E-state index in [0.717, 1.165) is 25.0 Å². The summed E-state index contributed by atoms with van der Waals surface area (Å²) in [6.07, 6.45) is -2.03. The van der Waals surface area contributed by atoms with E-state index in [1.54, 1.807) is 20.8 Å². The number of carbonyl (C=O) groups excluding carboxylic acids is 2. The van der Waals surface area contributed by atoms with E-state index in [9.17, 15) is 32.7 Å². The number of alkyl halides is 3. The minimum atomic E-state index is -4.48. The maximum absolute atomic E-state index is 13.3. The number of benzene rings is 1. The highest BCUT2D eigenvalue weighted by Gasteiger charge is 2.31. The predicted octanol–water partition coefficient (Wildman–Crippen LogP) is 3.57. The topological polar surface area (TPSA) is 97.6 Å². The summed E-state index contributed by atoms with van der Waals surface area (Å²) >= 11 is 0. The van der Waals surface area contributed by atoms with Crippen molar-refractivity contribution in [3.63, 3.8) is 0 Å². The second-order valence-corrected chi connectivity index (χ2v) is 9.21. The second kappa shape index (κ2) is 9.52. The third-order valence-corrected chi connectivity index (χ3v) is 5.41. The minimum Gasteiger partial charge on any atom is -0.507 e. The number of esters is 1. The molecule has 1 aromatic heterocycles. The maximum Gasteiger partial charge on any atom is 0.416 e. The first-order chi connectivity index (χ1) is 15.8. The summed E-state index contributed by atoms with van der Waals surface area (Å²) in [6, 6.07) is 4.42. The van der Waals surface area contributed by atoms with Crippen LogP contribution in [0.3, 0.4) is 0 Å². The molecule has 0 radical (unpaired) electrons. The largest absolute Gasteiger partial charge is 0.507 e. The van der Waals surface area contributed by atoms with Gasteiger partial charge in [-0.05, 0) is 64.2 Å². The van der Waals surface area contributed by atoms with E-state index in [1.807, 2.05) is 0 Å². The van der Waals surface area contributed by atoms with Gasteiger partial charge in [-0.2, -0.15) is 13.2 Å². The average Bonchev–Trinajstić information content (AvgIpc) is 2.74. The van der Waals surface area contributed by atoms with Crippen LogP contribution in [0.2, 0.25) is 0 Å². The molecular formula is C24H27F3N2O5. The van der Waals surface area contributed by atoms with Crippen LogP contribution in [-0.2, 0) is 35.1 Å². The van der Waals surface area contributed by atoms with Gasteiger partial charge >= 0.3 is 12.1 Å². The summed E-state index contributed by atoms with van der Waals surface area (Å²) in [6.45, 7) is 4.45. The van der Waals surface area contributed by atoms with Crippen LogP contribution in [0.5, 0.6) is 5.75 Å². The first-order valence-corrected chi connectivity index (χ1v) is 10.9. The molecule has 7 nitrogen and oxygen atoms in total. The van der Waals surface area contributed by atoms with Gasteiger partial charge in [-0.1, -0.05) is 12.1 Å². The van der Waals surface area contributed by atoms with Crippen molar-refractivity contribution >= 4 is 11.9 Å². The Hall–Kier alpha value is -3.30. The number of rotatable bonds is 5. The Morgan fingerprint density at radius 2 is 1.71 bits per heavy atom. The van der Waals surface area contributed by atoms with Crippen LogP contribution in [0.1, 0.15) is 66.4 Å². The van der Waals surface area contributed by atoms with Crippen molar-refractivity contribution in [2.24, 2.45) is 0 Å². The molecule has 34 heavy (non-hydrogen) atoms. The van der Waals surface area contributed by atoms with Crippen LogP contribution in [-0.4, -0.2) is 33.7 Å². The van der Waals surface area contributed by atoms with E-state index >= 15 is 0 Å². The van der Waals surface area contributed by atoms with Gasteiger partial charge in [-0.25, -0.2) is 0 Å². The molecule has 0 spiro atoms. The molecular weight excluding hydrogens is 453 g/mol. The zero-order valence-electron chi connectivity index (χ0n) is 19.2. The van der Waals surface area contributed by atoms with Gasteiger partial charge in [0.1, 0.15) is 23.5 Å². The number of aromatic nitrogens is 1. The Morgan fingerprint density at radius 3 is 2.29 bits per heavy atom. The second-order valence-electron chi connectivity index (χ2n) is 9.21. The standard InChI is InChI=1S/C24H27F3N2O5/c1-23(2,3)34-18(30)12-28-21(32)19-20(31)16-6-4-5-7-17(16)29(22(19)33)13-14-8-10-15(11-9-14)24(25,26)27/h8-11,31H,4-7,12-13H2,1-3H3,(H,28,32). The molecule has 10 heteroatoms. The van der Waals surface area contributed by atoms with Crippen LogP contribution in [0.25, 0.3) is 0 Å². The van der Waals surface area contributed by atoms with Gasteiger partial charge in [0.15, 0.2) is 0 Å². The van der Waals surface area contributed by atoms with Crippen molar-refractivity contribution in [2.75, 3.05) is 6.54 Å². The number of hydrogen-bond donors (Lipinski definition) is 2. The molecule has 0 saturated carbocycles. The number of amides is 1. The smallest absolute Gasteiger partial charge is 0.416 e. The predicted molar refractivity (Wildman–Crippen MR) is 118 cm³/mol. The van der Waals surface area contributed by atoms with Gasteiger partial charge in [-0.3, -0.25) is 14.4 Å². The fraction of sp³-hybridized carbons (Fsp3) is 0.458. The number of nitrogens with zero attached hydrogens (tertiary/aromatic N) is 1. The van der Waals surface area contributed by atoms with E-state index in [1.165, 1.54) is 16.7 Å². The lowest BCUT2D eigenvalue weighted by Gasteiger charge is -2.24. The van der Waals surface area contributed by atoms with Crippen molar-refractivity contribution < 1.29 is 32.6 Å². The average molecular weight is 480 g/mol. The Balaban J connectivity index is 1.94. The van der Waals surface area contributed by atoms with Crippen molar-refractivity contribution in [3.8, 4) is 5.75 Å². The molecule has 3 rings (SSSR count). The summed E-state index contributed by atoms with van der Waals surface area (Å²) in [7, 11) is 0. The lowest BCUT2D eigenvalue weighted by Crippen LogP contribution is -2.39. The quantitative estimate of drug-likeness (QED) is 0.638. The van der Waals surface area contributed by atoms with Gasteiger partial charge in [0.2, 0.25) is 0 Å². The van der Waals surface area contributed by atoms with Crippen LogP contribution >= 0.6 is 0 Å². The first kappa shape index (κ1) is 25.3. The number of hydrogen-bond acceptors (Lipinski definition) is 5. The lowest BCUT2D eigenvalue weighted by atomic mass is 9.92. The molecule has 1 aliphatic rings. The summed E-state index contributed by atoms with van der Waals surface area (Å²) in [5.74, 6) is -2.06. The third-order valence-electron chi connectivity index (χ3n) is 5.41. The third kappa shape index (κ3) is 5.78. The SMILES string of the molecule is CC(C)(C)OC(=O)CNC(=O)c1c(O)c2c(n(Cc3ccc(C(F)(F)F)cc3)c1=O)CCCC2. The number of pyridine rings is 1. The number of ether oxygens (including phenoxy) is 1. The van der Waals surface area contributed by atoms with Crippen LogP contribution < -0.4 is 10.9 Å². The van der Waals surface area contributed by atoms with E-state index in [-0.39, 0.29) is 6.54 Å². The van der Waals surface area contributed by atoms with E-state index in [2.05, 4.69) is 5.32 Å². The maximum atomic E-state index is 13.3. The van der Waals surface area contributed by atoms with Crippen LogP contribution in [0, 0.1) is 0 Å². The highest BCUT2D eigenvalue weighted by Crippen LogP contribution is 2.32. The van der Waals surface area contributed by atoms with Gasteiger partial charge in [0.25, 0.3) is 11.5 Å². The summed E-state index contributed by atoms with van der Waals surface area (Å²) in [5.41, 5.74) is -1.40. The van der Waals surface area contributed by atoms with Gasteiger partial charge in [-0.15, -0.1) is 0 Å². The van der Waals surface area contributed by atoms with Crippen molar-refractivity contribution in [1.82, 2.24) is 9.88 Å². The molecule has 0 atom stereocenters. The number of aromatic hydroxyl groups is 1. The molecule has 1 heterocycles. The van der Waals surface area contributed by atoms with E-state index < -0.39 is 52.6 Å². The van der Waals surface area contributed by atoms with Gasteiger partial charge < -0.3 is 19.7 Å². The number of fused-ring (bicyclic) bond motifs is 1. The molecule has 0 saturated heterocycles. The zero-order valence-corrected chi connectivity index (χ0v) is 19.2. The Kier molecular flexibility index (Phi) is 7.09. The molecule has 184 valence electrons. The number of nitrogens with one attached hydrogen (secondary N) is 1. The monoisotopic (exact) mass is 480 g/mol. The Bertz CT molecular complexity index is 1150. The van der Waals surface area contributed by atoms with Crippen molar-refractivity contribution in [2.45, 2.75) is 64.8 Å².